The molecule has 7 atom stereocenters. The van der Waals surface area contributed by atoms with Crippen molar-refractivity contribution < 1.29 is 18.3 Å². The molecule has 6 heteroatoms. The van der Waals surface area contributed by atoms with Crippen molar-refractivity contribution in [2.75, 3.05) is 0 Å². The maximum atomic E-state index is 15.0. The highest BCUT2D eigenvalue weighted by Crippen LogP contribution is 2.63. The number of benzene rings is 1. The average Bonchev–Trinajstić information content (AvgIpc) is 3.44. The van der Waals surface area contributed by atoms with Crippen LogP contribution >= 0.6 is 11.6 Å². The lowest BCUT2D eigenvalue weighted by Crippen LogP contribution is -2.28. The summed E-state index contributed by atoms with van der Waals surface area (Å²) in [6.07, 6.45) is 2.49. The zero-order valence-electron chi connectivity index (χ0n) is 14.2. The van der Waals surface area contributed by atoms with Crippen molar-refractivity contribution >= 4 is 17.4 Å². The second-order valence-corrected chi connectivity index (χ2v) is 9.36. The number of epoxide rings is 1. The molecule has 0 radical (unpaired) electrons. The normalized spacial score (nSPS) is 44.0. The van der Waals surface area contributed by atoms with Gasteiger partial charge in [-0.2, -0.15) is 0 Å². The van der Waals surface area contributed by atoms with E-state index in [9.17, 15) is 9.18 Å². The number of Topliss-reactive ketones (excluding diaryl/α,β-unsaturated/α-hetero) is 1. The van der Waals surface area contributed by atoms with Crippen LogP contribution in [0.5, 0.6) is 0 Å². The molecule has 6 rings (SSSR count). The standard InChI is InChI=1S/C20H20ClF2NO2/c21-16-13(7-3-12(24)20(6-7)1-2-20)11(23)5-9-14(16)15(8-4-10(8)22)18-19(26-18)17(9)25/h5,7-8,10,12,15,18-19H,1-4,6,24H2. The number of carbonyl (C=O) groups excluding carboxylic acids is 1. The number of fused-ring (bicyclic) bond motifs is 2. The molecule has 26 heavy (non-hydrogen) atoms. The van der Waals surface area contributed by atoms with Crippen molar-refractivity contribution in [3.63, 3.8) is 0 Å². The maximum Gasteiger partial charge on any atom is 0.194 e. The Morgan fingerprint density at radius 3 is 2.62 bits per heavy atom. The van der Waals surface area contributed by atoms with Crippen LogP contribution in [0.25, 0.3) is 0 Å². The van der Waals surface area contributed by atoms with E-state index in [4.69, 9.17) is 22.1 Å². The Kier molecular flexibility index (Phi) is 2.99. The molecule has 1 heterocycles. The summed E-state index contributed by atoms with van der Waals surface area (Å²) in [5, 5.41) is 0.321. The number of alkyl halides is 1. The van der Waals surface area contributed by atoms with E-state index in [0.717, 1.165) is 19.3 Å². The Bertz CT molecular complexity index is 855. The molecular formula is C20H20ClF2NO2. The van der Waals surface area contributed by atoms with Gasteiger partial charge in [-0.05, 0) is 55.1 Å². The van der Waals surface area contributed by atoms with Gasteiger partial charge < -0.3 is 10.5 Å². The van der Waals surface area contributed by atoms with Crippen LogP contribution in [0.2, 0.25) is 5.02 Å². The summed E-state index contributed by atoms with van der Waals surface area (Å²) in [5.74, 6) is -1.08. The molecule has 1 aromatic rings. The van der Waals surface area contributed by atoms with Crippen molar-refractivity contribution in [2.45, 2.75) is 68.4 Å². The molecule has 0 amide bonds. The zero-order valence-corrected chi connectivity index (χ0v) is 14.9. The van der Waals surface area contributed by atoms with E-state index in [2.05, 4.69) is 0 Å². The smallest absolute Gasteiger partial charge is 0.194 e. The first-order valence-electron chi connectivity index (χ1n) is 9.52. The highest BCUT2D eigenvalue weighted by atomic mass is 35.5. The Morgan fingerprint density at radius 2 is 2.00 bits per heavy atom. The minimum atomic E-state index is -0.884. The predicted octanol–water partition coefficient (Wildman–Crippen LogP) is 3.87. The van der Waals surface area contributed by atoms with Crippen LogP contribution < -0.4 is 5.73 Å². The van der Waals surface area contributed by atoms with Crippen molar-refractivity contribution in [1.82, 2.24) is 0 Å². The van der Waals surface area contributed by atoms with E-state index < -0.39 is 18.1 Å². The molecule has 138 valence electrons. The monoisotopic (exact) mass is 379 g/mol. The van der Waals surface area contributed by atoms with E-state index >= 15 is 4.39 Å². The molecule has 1 aromatic carbocycles. The Hall–Kier alpha value is -1.04. The number of ketones is 1. The lowest BCUT2D eigenvalue weighted by Gasteiger charge is -2.26. The molecule has 1 aliphatic heterocycles. The van der Waals surface area contributed by atoms with E-state index in [0.29, 0.717) is 34.6 Å². The molecule has 4 aliphatic carbocycles. The minimum Gasteiger partial charge on any atom is -0.360 e. The first-order chi connectivity index (χ1) is 12.4. The van der Waals surface area contributed by atoms with E-state index in [1.54, 1.807) is 0 Å². The van der Waals surface area contributed by atoms with Gasteiger partial charge in [-0.3, -0.25) is 4.79 Å². The maximum absolute atomic E-state index is 15.0. The summed E-state index contributed by atoms with van der Waals surface area (Å²) < 4.78 is 34.4. The van der Waals surface area contributed by atoms with Crippen molar-refractivity contribution in [3.05, 3.63) is 33.6 Å². The summed E-state index contributed by atoms with van der Waals surface area (Å²) in [4.78, 5) is 12.6. The second-order valence-electron chi connectivity index (χ2n) is 8.98. The molecule has 3 saturated carbocycles. The predicted molar refractivity (Wildman–Crippen MR) is 91.8 cm³/mol. The van der Waals surface area contributed by atoms with Crippen molar-refractivity contribution in [3.8, 4) is 0 Å². The number of nitrogens with two attached hydrogens (primary N) is 1. The van der Waals surface area contributed by atoms with Crippen LogP contribution in [0.4, 0.5) is 8.78 Å². The van der Waals surface area contributed by atoms with Crippen LogP contribution in [0.3, 0.4) is 0 Å². The van der Waals surface area contributed by atoms with Gasteiger partial charge in [-0.25, -0.2) is 8.78 Å². The third-order valence-corrected chi connectivity index (χ3v) is 7.93. The quantitative estimate of drug-likeness (QED) is 0.793. The largest absolute Gasteiger partial charge is 0.360 e. The van der Waals surface area contributed by atoms with Crippen molar-refractivity contribution in [2.24, 2.45) is 17.1 Å². The summed E-state index contributed by atoms with van der Waals surface area (Å²) in [7, 11) is 0. The summed E-state index contributed by atoms with van der Waals surface area (Å²) in [6, 6.07) is 1.40. The van der Waals surface area contributed by atoms with Gasteiger partial charge in [0.2, 0.25) is 0 Å². The van der Waals surface area contributed by atoms with Crippen LogP contribution in [0.15, 0.2) is 6.07 Å². The summed E-state index contributed by atoms with van der Waals surface area (Å²) >= 11 is 6.73. The van der Waals surface area contributed by atoms with E-state index in [1.165, 1.54) is 6.07 Å². The Morgan fingerprint density at radius 1 is 1.27 bits per heavy atom. The van der Waals surface area contributed by atoms with Gasteiger partial charge in [0, 0.05) is 29.0 Å². The topological polar surface area (TPSA) is 55.6 Å². The van der Waals surface area contributed by atoms with Gasteiger partial charge in [0.25, 0.3) is 0 Å². The number of rotatable bonds is 2. The SMILES string of the molecule is NC1CC(c2c(F)cc3c(c2Cl)C(C2CC2F)C2OC2C3=O)CC12CC2. The Labute approximate surface area is 155 Å². The molecule has 2 N–H and O–H groups in total. The minimum absolute atomic E-state index is 0.0285. The second kappa shape index (κ2) is 4.86. The molecule has 7 unspecified atom stereocenters. The summed E-state index contributed by atoms with van der Waals surface area (Å²) in [5.41, 5.74) is 7.86. The number of hydrogen-bond acceptors (Lipinski definition) is 3. The highest BCUT2D eigenvalue weighted by molar-refractivity contribution is 6.33. The lowest BCUT2D eigenvalue weighted by atomic mass is 9.77. The number of ether oxygens (including phenoxy) is 1. The third-order valence-electron chi connectivity index (χ3n) is 7.53. The molecular weight excluding hydrogens is 360 g/mol. The molecule has 5 aliphatic rings. The third kappa shape index (κ3) is 1.97. The lowest BCUT2D eigenvalue weighted by molar-refractivity contribution is 0.0951. The molecule has 3 nitrogen and oxygen atoms in total. The summed E-state index contributed by atoms with van der Waals surface area (Å²) in [6.45, 7) is 0. The molecule has 0 bridgehead atoms. The molecule has 1 spiro atoms. The van der Waals surface area contributed by atoms with Crippen molar-refractivity contribution in [1.29, 1.82) is 0 Å². The molecule has 1 saturated heterocycles. The van der Waals surface area contributed by atoms with Crippen LogP contribution in [-0.4, -0.2) is 30.2 Å². The highest BCUT2D eigenvalue weighted by Gasteiger charge is 2.63. The number of carbonyl (C=O) groups is 1. The van der Waals surface area contributed by atoms with E-state index in [-0.39, 0.29) is 41.1 Å². The number of hydrogen-bond donors (Lipinski definition) is 1. The first-order valence-corrected chi connectivity index (χ1v) is 9.90. The number of halogens is 3. The van der Waals surface area contributed by atoms with Crippen LogP contribution in [0.1, 0.15) is 65.4 Å². The van der Waals surface area contributed by atoms with E-state index in [1.807, 2.05) is 0 Å². The fourth-order valence-corrected chi connectivity index (χ4v) is 6.20. The zero-order chi connectivity index (χ0) is 18.0. The first kappa shape index (κ1) is 16.0. The average molecular weight is 380 g/mol. The fourth-order valence-electron chi connectivity index (χ4n) is 5.73. The van der Waals surface area contributed by atoms with Gasteiger partial charge in [0.15, 0.2) is 5.78 Å². The van der Waals surface area contributed by atoms with Crippen LogP contribution in [-0.2, 0) is 4.74 Å². The Balaban J connectivity index is 1.48. The van der Waals surface area contributed by atoms with Gasteiger partial charge in [0.1, 0.15) is 18.1 Å². The van der Waals surface area contributed by atoms with Crippen LogP contribution in [0, 0.1) is 17.2 Å². The molecule has 4 fully saturated rings. The van der Waals surface area contributed by atoms with Gasteiger partial charge in [-0.1, -0.05) is 11.6 Å². The van der Waals surface area contributed by atoms with Gasteiger partial charge in [0.05, 0.1) is 11.1 Å². The van der Waals surface area contributed by atoms with Gasteiger partial charge in [-0.15, -0.1) is 0 Å². The van der Waals surface area contributed by atoms with Gasteiger partial charge >= 0.3 is 0 Å². The molecule has 0 aromatic heterocycles. The fraction of sp³-hybridized carbons (Fsp3) is 0.650.